The first-order valence-electron chi connectivity index (χ1n) is 9.99. The van der Waals surface area contributed by atoms with E-state index in [0.717, 1.165) is 11.6 Å². The summed E-state index contributed by atoms with van der Waals surface area (Å²) in [6.07, 6.45) is 0. The Hall–Kier alpha value is -3.19. The predicted octanol–water partition coefficient (Wildman–Crippen LogP) is 2.02. The summed E-state index contributed by atoms with van der Waals surface area (Å²) in [6.45, 7) is 3.54. The van der Waals surface area contributed by atoms with Crippen molar-refractivity contribution < 1.29 is 23.2 Å². The van der Waals surface area contributed by atoms with Crippen LogP contribution in [0.4, 0.5) is 4.39 Å². The molecular formula is C23H24FN2O4+. The lowest BCUT2D eigenvalue weighted by molar-refractivity contribution is -0.857. The minimum Gasteiger partial charge on any atom is -0.494 e. The third-order valence-electron chi connectivity index (χ3n) is 5.27. The standard InChI is InChI=1S/C23H23FN2O4/c1-4-29-16-7-5-6-14(12-16)20-19-21(27)17-13-15(24)8-9-18(17)30-22(19)23(28)26(20)11-10-25(2)3/h5-9,12-13,20H,4,10-11H2,1-3H3/p+1/t20-/m0/s1. The molecule has 0 radical (unpaired) electrons. The Labute approximate surface area is 173 Å². The van der Waals surface area contributed by atoms with Crippen LogP contribution in [0.3, 0.4) is 0 Å². The van der Waals surface area contributed by atoms with E-state index in [4.69, 9.17) is 9.15 Å². The van der Waals surface area contributed by atoms with Crippen molar-refractivity contribution in [1.82, 2.24) is 4.90 Å². The van der Waals surface area contributed by atoms with Crippen LogP contribution in [0.2, 0.25) is 0 Å². The molecular weight excluding hydrogens is 387 g/mol. The second kappa shape index (κ2) is 7.91. The lowest BCUT2D eigenvalue weighted by Crippen LogP contribution is -3.06. The minimum absolute atomic E-state index is 0.0275. The first kappa shape index (κ1) is 20.1. The summed E-state index contributed by atoms with van der Waals surface area (Å²) < 4.78 is 25.2. The molecule has 0 saturated heterocycles. The van der Waals surface area contributed by atoms with Crippen LogP contribution in [0, 0.1) is 5.82 Å². The molecule has 1 atom stereocenters. The third-order valence-corrected chi connectivity index (χ3v) is 5.27. The molecule has 0 aliphatic carbocycles. The average molecular weight is 411 g/mol. The van der Waals surface area contributed by atoms with E-state index in [0.29, 0.717) is 25.4 Å². The zero-order valence-electron chi connectivity index (χ0n) is 17.2. The summed E-state index contributed by atoms with van der Waals surface area (Å²) in [5.74, 6) is -0.173. The fraction of sp³-hybridized carbons (Fsp3) is 0.304. The number of hydrogen-bond acceptors (Lipinski definition) is 4. The second-order valence-corrected chi connectivity index (χ2v) is 7.68. The van der Waals surface area contributed by atoms with Gasteiger partial charge >= 0.3 is 0 Å². The van der Waals surface area contributed by atoms with E-state index in [1.807, 2.05) is 45.3 Å². The zero-order valence-corrected chi connectivity index (χ0v) is 17.2. The Balaban J connectivity index is 1.92. The van der Waals surface area contributed by atoms with Crippen LogP contribution >= 0.6 is 0 Å². The molecule has 1 amide bonds. The molecule has 2 aromatic carbocycles. The van der Waals surface area contributed by atoms with Crippen LogP contribution in [0.15, 0.2) is 51.7 Å². The average Bonchev–Trinajstić information content (AvgIpc) is 3.00. The van der Waals surface area contributed by atoms with Crippen LogP contribution in [0.25, 0.3) is 11.0 Å². The summed E-state index contributed by atoms with van der Waals surface area (Å²) in [5, 5.41) is 0.132. The molecule has 1 aromatic heterocycles. The molecule has 4 rings (SSSR count). The molecule has 1 aliphatic heterocycles. The Morgan fingerprint density at radius 1 is 1.17 bits per heavy atom. The molecule has 0 spiro atoms. The Morgan fingerprint density at radius 3 is 2.70 bits per heavy atom. The molecule has 0 unspecified atom stereocenters. The number of nitrogens with zero attached hydrogens (tertiary/aromatic N) is 1. The number of ether oxygens (including phenoxy) is 1. The number of halogens is 1. The van der Waals surface area contributed by atoms with Gasteiger partial charge < -0.3 is 19.0 Å². The van der Waals surface area contributed by atoms with Crippen molar-refractivity contribution in [2.75, 3.05) is 33.8 Å². The van der Waals surface area contributed by atoms with Gasteiger partial charge in [0.05, 0.1) is 50.8 Å². The first-order valence-corrected chi connectivity index (χ1v) is 9.99. The van der Waals surface area contributed by atoms with Gasteiger partial charge in [0.1, 0.15) is 17.1 Å². The van der Waals surface area contributed by atoms with Crippen molar-refractivity contribution >= 4 is 16.9 Å². The quantitative estimate of drug-likeness (QED) is 0.674. The number of likely N-dealkylation sites (N-methyl/N-ethyl adjacent to an activating group) is 1. The van der Waals surface area contributed by atoms with Crippen molar-refractivity contribution in [3.63, 3.8) is 0 Å². The molecule has 3 aromatic rings. The van der Waals surface area contributed by atoms with E-state index in [1.54, 1.807) is 4.90 Å². The molecule has 156 valence electrons. The number of benzene rings is 2. The largest absolute Gasteiger partial charge is 0.494 e. The van der Waals surface area contributed by atoms with E-state index in [-0.39, 0.29) is 33.6 Å². The van der Waals surface area contributed by atoms with Gasteiger partial charge in [0.15, 0.2) is 5.43 Å². The van der Waals surface area contributed by atoms with Gasteiger partial charge in [0, 0.05) is 0 Å². The van der Waals surface area contributed by atoms with Crippen molar-refractivity contribution in [1.29, 1.82) is 0 Å². The molecule has 0 fully saturated rings. The number of carbonyl (C=O) groups excluding carboxylic acids is 1. The van der Waals surface area contributed by atoms with E-state index < -0.39 is 11.9 Å². The Kier molecular flexibility index (Phi) is 5.30. The zero-order chi connectivity index (χ0) is 21.4. The normalized spacial score (nSPS) is 15.8. The number of rotatable bonds is 6. The molecule has 6 nitrogen and oxygen atoms in total. The molecule has 1 aliphatic rings. The summed E-state index contributed by atoms with van der Waals surface area (Å²) in [6, 6.07) is 10.5. The van der Waals surface area contributed by atoms with Crippen LogP contribution in [0.5, 0.6) is 5.75 Å². The Morgan fingerprint density at radius 2 is 1.97 bits per heavy atom. The summed E-state index contributed by atoms with van der Waals surface area (Å²) >= 11 is 0. The highest BCUT2D eigenvalue weighted by atomic mass is 19.1. The second-order valence-electron chi connectivity index (χ2n) is 7.68. The van der Waals surface area contributed by atoms with Gasteiger partial charge in [-0.2, -0.15) is 0 Å². The van der Waals surface area contributed by atoms with Crippen LogP contribution in [0.1, 0.15) is 34.6 Å². The molecule has 0 saturated carbocycles. The first-order chi connectivity index (χ1) is 14.4. The van der Waals surface area contributed by atoms with E-state index >= 15 is 0 Å². The molecule has 0 bridgehead atoms. The van der Waals surface area contributed by atoms with Crippen LogP contribution in [-0.2, 0) is 0 Å². The maximum atomic E-state index is 13.8. The van der Waals surface area contributed by atoms with Gasteiger partial charge in [-0.3, -0.25) is 9.59 Å². The monoisotopic (exact) mass is 411 g/mol. The van der Waals surface area contributed by atoms with Crippen molar-refractivity contribution in [3.8, 4) is 5.75 Å². The lowest BCUT2D eigenvalue weighted by atomic mass is 9.98. The highest BCUT2D eigenvalue weighted by Crippen LogP contribution is 2.38. The van der Waals surface area contributed by atoms with Crippen molar-refractivity contribution in [2.24, 2.45) is 0 Å². The predicted molar refractivity (Wildman–Crippen MR) is 111 cm³/mol. The topological polar surface area (TPSA) is 64.2 Å². The minimum atomic E-state index is -0.615. The highest BCUT2D eigenvalue weighted by Gasteiger charge is 2.43. The number of carbonyl (C=O) groups is 1. The van der Waals surface area contributed by atoms with E-state index in [9.17, 15) is 14.0 Å². The third kappa shape index (κ3) is 3.45. The van der Waals surface area contributed by atoms with Crippen LogP contribution in [-0.4, -0.2) is 44.6 Å². The number of amides is 1. The van der Waals surface area contributed by atoms with Crippen molar-refractivity contribution in [2.45, 2.75) is 13.0 Å². The molecule has 1 N–H and O–H groups in total. The summed E-state index contributed by atoms with van der Waals surface area (Å²) in [4.78, 5) is 29.4. The lowest BCUT2D eigenvalue weighted by Gasteiger charge is -2.25. The SMILES string of the molecule is CCOc1cccc([C@H]2c3c(oc4ccc(F)cc4c3=O)C(=O)N2CC[NH+](C)C)c1. The smallest absolute Gasteiger partial charge is 0.291 e. The van der Waals surface area contributed by atoms with E-state index in [2.05, 4.69) is 0 Å². The van der Waals surface area contributed by atoms with Gasteiger partial charge in [-0.25, -0.2) is 4.39 Å². The molecule has 30 heavy (non-hydrogen) atoms. The van der Waals surface area contributed by atoms with Gasteiger partial charge in [0.25, 0.3) is 5.91 Å². The van der Waals surface area contributed by atoms with Gasteiger partial charge in [-0.05, 0) is 42.8 Å². The Bertz CT molecular complexity index is 1170. The van der Waals surface area contributed by atoms with E-state index in [1.165, 1.54) is 17.0 Å². The van der Waals surface area contributed by atoms with Crippen LogP contribution < -0.4 is 15.1 Å². The molecule has 2 heterocycles. The maximum Gasteiger partial charge on any atom is 0.291 e. The van der Waals surface area contributed by atoms with Gasteiger partial charge in [0.2, 0.25) is 5.76 Å². The number of quaternary nitrogens is 1. The number of fused-ring (bicyclic) bond motifs is 2. The fourth-order valence-electron chi connectivity index (χ4n) is 3.85. The maximum absolute atomic E-state index is 13.8. The summed E-state index contributed by atoms with van der Waals surface area (Å²) in [7, 11) is 4.00. The number of nitrogens with one attached hydrogen (secondary N) is 1. The van der Waals surface area contributed by atoms with Crippen molar-refractivity contribution in [3.05, 3.63) is 75.4 Å². The van der Waals surface area contributed by atoms with Gasteiger partial charge in [-0.1, -0.05) is 12.1 Å². The summed E-state index contributed by atoms with van der Waals surface area (Å²) in [5.41, 5.74) is 0.825. The number of hydrogen-bond donors (Lipinski definition) is 1. The van der Waals surface area contributed by atoms with Gasteiger partial charge in [-0.15, -0.1) is 0 Å². The molecule has 7 heteroatoms. The highest BCUT2D eigenvalue weighted by molar-refractivity contribution is 5.99. The fourth-order valence-corrected chi connectivity index (χ4v) is 3.85.